The van der Waals surface area contributed by atoms with Crippen molar-refractivity contribution in [2.75, 3.05) is 24.8 Å². The molecule has 6 nitrogen and oxygen atoms in total. The Hall–Kier alpha value is -1.47. The van der Waals surface area contributed by atoms with Gasteiger partial charge in [-0.25, -0.2) is 8.42 Å². The third kappa shape index (κ3) is 2.94. The molecule has 0 aromatic heterocycles. The molecular formula is C14H19NO5S. The van der Waals surface area contributed by atoms with E-state index in [1.807, 2.05) is 6.92 Å². The van der Waals surface area contributed by atoms with E-state index in [2.05, 4.69) is 4.90 Å². The monoisotopic (exact) mass is 313 g/mol. The van der Waals surface area contributed by atoms with Gasteiger partial charge < -0.3 is 14.6 Å². The van der Waals surface area contributed by atoms with Crippen LogP contribution in [0.1, 0.15) is 18.9 Å². The van der Waals surface area contributed by atoms with Gasteiger partial charge in [0.2, 0.25) is 6.79 Å². The Morgan fingerprint density at radius 1 is 1.33 bits per heavy atom. The standard InChI is InChI=1S/C14H19NO5S/c1-2-15(11-3-4-21(17,18)8-11)7-10-5-13-14(6-12(10)16)20-9-19-13/h5-6,11,16H,2-4,7-9H2,1H3/t11-/m1/s1. The highest BCUT2D eigenvalue weighted by Gasteiger charge is 2.32. The van der Waals surface area contributed by atoms with E-state index in [9.17, 15) is 13.5 Å². The lowest BCUT2D eigenvalue weighted by Crippen LogP contribution is -2.35. The summed E-state index contributed by atoms with van der Waals surface area (Å²) >= 11 is 0. The van der Waals surface area contributed by atoms with Gasteiger partial charge in [0.1, 0.15) is 5.75 Å². The fourth-order valence-corrected chi connectivity index (χ4v) is 4.64. The van der Waals surface area contributed by atoms with Crippen LogP contribution in [0.4, 0.5) is 0 Å². The summed E-state index contributed by atoms with van der Waals surface area (Å²) < 4.78 is 33.8. The SMILES string of the molecule is CCN(Cc1cc2c(cc1O)OCO2)[C@@H]1CCS(=O)(=O)C1. The van der Waals surface area contributed by atoms with Crippen molar-refractivity contribution in [1.82, 2.24) is 4.90 Å². The Balaban J connectivity index is 1.78. The lowest BCUT2D eigenvalue weighted by Gasteiger charge is -2.26. The molecule has 0 bridgehead atoms. The van der Waals surface area contributed by atoms with Gasteiger partial charge in [-0.3, -0.25) is 4.90 Å². The lowest BCUT2D eigenvalue weighted by molar-refractivity contribution is 0.173. The maximum Gasteiger partial charge on any atom is 0.231 e. The second kappa shape index (κ2) is 5.38. The van der Waals surface area contributed by atoms with Crippen LogP contribution in [0.25, 0.3) is 0 Å². The van der Waals surface area contributed by atoms with Crippen molar-refractivity contribution in [3.63, 3.8) is 0 Å². The van der Waals surface area contributed by atoms with Gasteiger partial charge in [0.05, 0.1) is 11.5 Å². The quantitative estimate of drug-likeness (QED) is 0.898. The predicted octanol–water partition coefficient (Wildman–Crippen LogP) is 1.13. The first-order valence-electron chi connectivity index (χ1n) is 7.04. The summed E-state index contributed by atoms with van der Waals surface area (Å²) in [5, 5.41) is 10.1. The number of sulfone groups is 1. The second-order valence-electron chi connectivity index (χ2n) is 5.45. The van der Waals surface area contributed by atoms with Crippen molar-refractivity contribution in [2.45, 2.75) is 25.9 Å². The summed E-state index contributed by atoms with van der Waals surface area (Å²) in [5.41, 5.74) is 0.727. The molecule has 1 aromatic rings. The molecule has 2 aliphatic rings. The Kier molecular flexibility index (Phi) is 3.71. The molecule has 1 aromatic carbocycles. The topological polar surface area (TPSA) is 76.1 Å². The molecular weight excluding hydrogens is 294 g/mol. The van der Waals surface area contributed by atoms with Crippen LogP contribution in [-0.4, -0.2) is 49.3 Å². The molecule has 3 rings (SSSR count). The van der Waals surface area contributed by atoms with Gasteiger partial charge in [-0.05, 0) is 19.0 Å². The van der Waals surface area contributed by atoms with E-state index in [0.29, 0.717) is 24.5 Å². The van der Waals surface area contributed by atoms with Crippen LogP contribution in [0.15, 0.2) is 12.1 Å². The average Bonchev–Trinajstić information content (AvgIpc) is 3.01. The zero-order chi connectivity index (χ0) is 15.0. The van der Waals surface area contributed by atoms with Gasteiger partial charge >= 0.3 is 0 Å². The molecule has 1 atom stereocenters. The molecule has 21 heavy (non-hydrogen) atoms. The summed E-state index contributed by atoms with van der Waals surface area (Å²) in [4.78, 5) is 2.09. The summed E-state index contributed by atoms with van der Waals surface area (Å²) in [5.74, 6) is 1.77. The zero-order valence-electron chi connectivity index (χ0n) is 11.9. The molecule has 1 fully saturated rings. The van der Waals surface area contributed by atoms with Crippen molar-refractivity contribution < 1.29 is 23.0 Å². The molecule has 7 heteroatoms. The number of phenolic OH excluding ortho intramolecular Hbond substituents is 1. The van der Waals surface area contributed by atoms with Crippen LogP contribution < -0.4 is 9.47 Å². The minimum Gasteiger partial charge on any atom is -0.507 e. The van der Waals surface area contributed by atoms with Crippen LogP contribution in [0, 0.1) is 0 Å². The number of hydrogen-bond acceptors (Lipinski definition) is 6. The van der Waals surface area contributed by atoms with Crippen molar-refractivity contribution in [1.29, 1.82) is 0 Å². The molecule has 0 aliphatic carbocycles. The summed E-state index contributed by atoms with van der Waals surface area (Å²) in [6.07, 6.45) is 0.654. The van der Waals surface area contributed by atoms with Crippen molar-refractivity contribution in [3.05, 3.63) is 17.7 Å². The highest BCUT2D eigenvalue weighted by atomic mass is 32.2. The third-order valence-corrected chi connectivity index (χ3v) is 5.83. The molecule has 0 saturated carbocycles. The van der Waals surface area contributed by atoms with Gasteiger partial charge in [0.25, 0.3) is 0 Å². The van der Waals surface area contributed by atoms with E-state index in [1.165, 1.54) is 0 Å². The van der Waals surface area contributed by atoms with Crippen LogP contribution in [0.2, 0.25) is 0 Å². The number of ether oxygens (including phenoxy) is 2. The van der Waals surface area contributed by atoms with Crippen molar-refractivity contribution in [2.24, 2.45) is 0 Å². The number of benzene rings is 1. The largest absolute Gasteiger partial charge is 0.507 e. The van der Waals surface area contributed by atoms with Crippen molar-refractivity contribution >= 4 is 9.84 Å². The van der Waals surface area contributed by atoms with E-state index in [4.69, 9.17) is 9.47 Å². The zero-order valence-corrected chi connectivity index (χ0v) is 12.7. The molecule has 0 spiro atoms. The highest BCUT2D eigenvalue weighted by Crippen LogP contribution is 2.38. The number of fused-ring (bicyclic) bond motifs is 1. The minimum atomic E-state index is -2.91. The Morgan fingerprint density at radius 2 is 2.05 bits per heavy atom. The van der Waals surface area contributed by atoms with Crippen LogP contribution in [-0.2, 0) is 16.4 Å². The summed E-state index contributed by atoms with van der Waals surface area (Å²) in [7, 11) is -2.91. The Labute approximate surface area is 124 Å². The van der Waals surface area contributed by atoms with Crippen molar-refractivity contribution in [3.8, 4) is 17.2 Å². The third-order valence-electron chi connectivity index (χ3n) is 4.08. The molecule has 2 heterocycles. The van der Waals surface area contributed by atoms with Gasteiger partial charge in [0.15, 0.2) is 21.3 Å². The lowest BCUT2D eigenvalue weighted by atomic mass is 10.1. The van der Waals surface area contributed by atoms with E-state index < -0.39 is 9.84 Å². The summed E-state index contributed by atoms with van der Waals surface area (Å²) in [6, 6.07) is 3.34. The molecule has 0 amide bonds. The highest BCUT2D eigenvalue weighted by molar-refractivity contribution is 7.91. The summed E-state index contributed by atoms with van der Waals surface area (Å²) in [6.45, 7) is 3.39. The molecule has 0 radical (unpaired) electrons. The maximum absolute atomic E-state index is 11.6. The molecule has 0 unspecified atom stereocenters. The van der Waals surface area contributed by atoms with Crippen LogP contribution >= 0.6 is 0 Å². The fourth-order valence-electron chi connectivity index (χ4n) is 2.88. The van der Waals surface area contributed by atoms with E-state index >= 15 is 0 Å². The van der Waals surface area contributed by atoms with Gasteiger partial charge in [-0.15, -0.1) is 0 Å². The first-order valence-corrected chi connectivity index (χ1v) is 8.86. The molecule has 2 aliphatic heterocycles. The molecule has 1 N–H and O–H groups in total. The van der Waals surface area contributed by atoms with E-state index in [-0.39, 0.29) is 30.1 Å². The van der Waals surface area contributed by atoms with Gasteiger partial charge in [0, 0.05) is 24.2 Å². The number of nitrogens with zero attached hydrogens (tertiary/aromatic N) is 1. The number of rotatable bonds is 4. The van der Waals surface area contributed by atoms with E-state index in [1.54, 1.807) is 12.1 Å². The van der Waals surface area contributed by atoms with Gasteiger partial charge in [-0.1, -0.05) is 6.92 Å². The molecule has 116 valence electrons. The first-order chi connectivity index (χ1) is 9.98. The maximum atomic E-state index is 11.6. The van der Waals surface area contributed by atoms with Gasteiger partial charge in [-0.2, -0.15) is 0 Å². The van der Waals surface area contributed by atoms with E-state index in [0.717, 1.165) is 12.1 Å². The Bertz CT molecular complexity index is 643. The first kappa shape index (κ1) is 14.5. The normalized spacial score (nSPS) is 22.9. The smallest absolute Gasteiger partial charge is 0.231 e. The Morgan fingerprint density at radius 3 is 2.67 bits per heavy atom. The average molecular weight is 313 g/mol. The number of aromatic hydroxyl groups is 1. The van der Waals surface area contributed by atoms with Crippen LogP contribution in [0.3, 0.4) is 0 Å². The molecule has 1 saturated heterocycles. The second-order valence-corrected chi connectivity index (χ2v) is 7.68. The van der Waals surface area contributed by atoms with Crippen LogP contribution in [0.5, 0.6) is 17.2 Å². The number of hydrogen-bond donors (Lipinski definition) is 1. The number of phenols is 1. The predicted molar refractivity (Wildman–Crippen MR) is 77.4 cm³/mol. The fraction of sp³-hybridized carbons (Fsp3) is 0.571. The minimum absolute atomic E-state index is 0.0184.